The Bertz CT molecular complexity index is 807. The summed E-state index contributed by atoms with van der Waals surface area (Å²) in [4.78, 5) is 3.79. The van der Waals surface area contributed by atoms with Gasteiger partial charge in [-0.15, -0.1) is 0 Å². The standard InChI is InChI=1S/C13H8F4N2O/c1-20-12-9(13(15,16)17)10(14)19-6-7-4-2-3-5-8(7)11(19)18-12/h2-6H,1H3. The molecule has 20 heavy (non-hydrogen) atoms. The van der Waals surface area contributed by atoms with E-state index in [4.69, 9.17) is 0 Å². The van der Waals surface area contributed by atoms with Gasteiger partial charge in [0.25, 0.3) is 0 Å². The van der Waals surface area contributed by atoms with Gasteiger partial charge in [0.05, 0.1) is 7.11 Å². The number of ether oxygens (including phenoxy) is 1. The zero-order valence-electron chi connectivity index (χ0n) is 10.2. The van der Waals surface area contributed by atoms with Gasteiger partial charge in [0.15, 0.2) is 11.2 Å². The van der Waals surface area contributed by atoms with Gasteiger partial charge in [-0.1, -0.05) is 24.3 Å². The number of rotatable bonds is 1. The molecule has 3 rings (SSSR count). The fourth-order valence-corrected chi connectivity index (χ4v) is 2.15. The Hall–Kier alpha value is -2.31. The predicted octanol–water partition coefficient (Wildman–Crippen LogP) is 3.65. The molecule has 0 aliphatic rings. The van der Waals surface area contributed by atoms with Crippen molar-refractivity contribution in [3.05, 3.63) is 42.0 Å². The van der Waals surface area contributed by atoms with Gasteiger partial charge >= 0.3 is 6.18 Å². The highest BCUT2D eigenvalue weighted by atomic mass is 19.4. The van der Waals surface area contributed by atoms with E-state index in [9.17, 15) is 17.6 Å². The Morgan fingerprint density at radius 3 is 2.55 bits per heavy atom. The number of hydrogen-bond acceptors (Lipinski definition) is 2. The largest absolute Gasteiger partial charge is 0.480 e. The second-order valence-corrected chi connectivity index (χ2v) is 4.19. The van der Waals surface area contributed by atoms with E-state index >= 15 is 0 Å². The van der Waals surface area contributed by atoms with Gasteiger partial charge in [0, 0.05) is 17.0 Å². The van der Waals surface area contributed by atoms with E-state index in [1.54, 1.807) is 24.3 Å². The summed E-state index contributed by atoms with van der Waals surface area (Å²) in [5.74, 6) is -2.21. The molecule has 0 spiro atoms. The fraction of sp³-hybridized carbons (Fsp3) is 0.154. The summed E-state index contributed by atoms with van der Waals surface area (Å²) in [7, 11) is 1.03. The molecule has 0 amide bonds. The number of nitrogens with zero attached hydrogens (tertiary/aromatic N) is 2. The van der Waals surface area contributed by atoms with Crippen LogP contribution in [0.5, 0.6) is 5.88 Å². The van der Waals surface area contributed by atoms with E-state index in [-0.39, 0.29) is 5.65 Å². The number of benzene rings is 1. The lowest BCUT2D eigenvalue weighted by atomic mass is 10.2. The van der Waals surface area contributed by atoms with Crippen molar-refractivity contribution in [2.45, 2.75) is 6.18 Å². The Labute approximate surface area is 110 Å². The molecular weight excluding hydrogens is 276 g/mol. The summed E-state index contributed by atoms with van der Waals surface area (Å²) in [6.45, 7) is 0. The van der Waals surface area contributed by atoms with Gasteiger partial charge in [-0.2, -0.15) is 22.5 Å². The Morgan fingerprint density at radius 1 is 1.20 bits per heavy atom. The molecule has 2 aromatic heterocycles. The molecule has 0 radical (unpaired) electrons. The highest BCUT2D eigenvalue weighted by molar-refractivity contribution is 5.95. The minimum Gasteiger partial charge on any atom is -0.480 e. The van der Waals surface area contributed by atoms with Crippen LogP contribution in [0.2, 0.25) is 0 Å². The van der Waals surface area contributed by atoms with E-state index in [0.717, 1.165) is 11.5 Å². The summed E-state index contributed by atoms with van der Waals surface area (Å²) >= 11 is 0. The molecule has 3 aromatic rings. The van der Waals surface area contributed by atoms with Crippen molar-refractivity contribution in [1.29, 1.82) is 0 Å². The van der Waals surface area contributed by atoms with Crippen molar-refractivity contribution in [1.82, 2.24) is 9.38 Å². The van der Waals surface area contributed by atoms with E-state index in [1.165, 1.54) is 6.20 Å². The molecule has 2 heterocycles. The second-order valence-electron chi connectivity index (χ2n) is 4.19. The van der Waals surface area contributed by atoms with Crippen molar-refractivity contribution in [3.8, 4) is 5.88 Å². The molecule has 104 valence electrons. The van der Waals surface area contributed by atoms with Gasteiger partial charge in [0.1, 0.15) is 0 Å². The zero-order chi connectivity index (χ0) is 14.5. The third-order valence-corrected chi connectivity index (χ3v) is 3.01. The first kappa shape index (κ1) is 12.7. The molecule has 0 atom stereocenters. The molecule has 3 nitrogen and oxygen atoms in total. The maximum Gasteiger partial charge on any atom is 0.425 e. The minimum atomic E-state index is -4.88. The van der Waals surface area contributed by atoms with Crippen molar-refractivity contribution in [2.75, 3.05) is 7.11 Å². The average Bonchev–Trinajstić information content (AvgIpc) is 2.76. The molecule has 0 saturated carbocycles. The third kappa shape index (κ3) is 1.70. The first-order valence-corrected chi connectivity index (χ1v) is 5.64. The van der Waals surface area contributed by atoms with Crippen LogP contribution in [-0.4, -0.2) is 16.5 Å². The monoisotopic (exact) mass is 284 g/mol. The Kier molecular flexibility index (Phi) is 2.60. The van der Waals surface area contributed by atoms with Gasteiger partial charge < -0.3 is 4.74 Å². The number of hydrogen-bond donors (Lipinski definition) is 0. The van der Waals surface area contributed by atoms with Crippen molar-refractivity contribution < 1.29 is 22.3 Å². The third-order valence-electron chi connectivity index (χ3n) is 3.01. The Balaban J connectivity index is 2.49. The molecule has 1 aromatic carbocycles. The number of aromatic nitrogens is 2. The normalized spacial score (nSPS) is 12.2. The van der Waals surface area contributed by atoms with Crippen LogP contribution in [0.25, 0.3) is 16.4 Å². The summed E-state index contributed by atoms with van der Waals surface area (Å²) in [6.07, 6.45) is -3.60. The van der Waals surface area contributed by atoms with E-state index in [1.807, 2.05) is 0 Å². The van der Waals surface area contributed by atoms with Crippen molar-refractivity contribution in [3.63, 3.8) is 0 Å². The van der Waals surface area contributed by atoms with Crippen LogP contribution in [0.3, 0.4) is 0 Å². The highest BCUT2D eigenvalue weighted by Crippen LogP contribution is 2.38. The predicted molar refractivity (Wildman–Crippen MR) is 64.2 cm³/mol. The van der Waals surface area contributed by atoms with Crippen LogP contribution in [0.4, 0.5) is 17.6 Å². The summed E-state index contributed by atoms with van der Waals surface area (Å²) < 4.78 is 58.3. The minimum absolute atomic E-state index is 0.0861. The fourth-order valence-electron chi connectivity index (χ4n) is 2.15. The summed E-state index contributed by atoms with van der Waals surface area (Å²) in [5.41, 5.74) is -1.42. The highest BCUT2D eigenvalue weighted by Gasteiger charge is 2.40. The maximum atomic E-state index is 14.2. The van der Waals surface area contributed by atoms with E-state index < -0.39 is 23.6 Å². The first-order chi connectivity index (χ1) is 9.43. The van der Waals surface area contributed by atoms with Gasteiger partial charge in [-0.05, 0) is 0 Å². The number of halogens is 4. The molecular formula is C13H8F4N2O. The van der Waals surface area contributed by atoms with Gasteiger partial charge in [-0.3, -0.25) is 4.40 Å². The van der Waals surface area contributed by atoms with Crippen LogP contribution in [0.15, 0.2) is 30.5 Å². The number of methoxy groups -OCH3 is 1. The van der Waals surface area contributed by atoms with Crippen LogP contribution >= 0.6 is 0 Å². The molecule has 0 fully saturated rings. The van der Waals surface area contributed by atoms with Crippen LogP contribution < -0.4 is 4.74 Å². The van der Waals surface area contributed by atoms with Crippen LogP contribution in [-0.2, 0) is 6.18 Å². The van der Waals surface area contributed by atoms with E-state index in [2.05, 4.69) is 9.72 Å². The van der Waals surface area contributed by atoms with Crippen molar-refractivity contribution >= 4 is 16.4 Å². The van der Waals surface area contributed by atoms with Crippen LogP contribution in [0, 0.1) is 5.95 Å². The summed E-state index contributed by atoms with van der Waals surface area (Å²) in [5, 5.41) is 1.15. The number of fused-ring (bicyclic) bond motifs is 3. The summed E-state index contributed by atoms with van der Waals surface area (Å²) in [6, 6.07) is 6.74. The van der Waals surface area contributed by atoms with Gasteiger partial charge in [0.2, 0.25) is 11.8 Å². The zero-order valence-corrected chi connectivity index (χ0v) is 10.2. The molecule has 0 N–H and O–H groups in total. The Morgan fingerprint density at radius 2 is 1.90 bits per heavy atom. The van der Waals surface area contributed by atoms with Crippen LogP contribution in [0.1, 0.15) is 5.56 Å². The molecule has 0 unspecified atom stereocenters. The van der Waals surface area contributed by atoms with Crippen molar-refractivity contribution in [2.24, 2.45) is 0 Å². The second kappa shape index (κ2) is 4.09. The molecule has 0 aliphatic carbocycles. The quantitative estimate of drug-likeness (QED) is 0.503. The lowest BCUT2D eigenvalue weighted by Gasteiger charge is -2.12. The molecule has 0 bridgehead atoms. The average molecular weight is 284 g/mol. The number of alkyl halides is 3. The topological polar surface area (TPSA) is 26.5 Å². The smallest absolute Gasteiger partial charge is 0.425 e. The molecule has 0 aliphatic heterocycles. The van der Waals surface area contributed by atoms with Gasteiger partial charge in [-0.25, -0.2) is 0 Å². The lowest BCUT2D eigenvalue weighted by molar-refractivity contribution is -0.142. The lowest BCUT2D eigenvalue weighted by Crippen LogP contribution is -2.15. The van der Waals surface area contributed by atoms with E-state index in [0.29, 0.717) is 10.8 Å². The molecule has 7 heteroatoms. The first-order valence-electron chi connectivity index (χ1n) is 5.64. The molecule has 0 saturated heterocycles. The maximum absolute atomic E-state index is 14.2. The SMILES string of the molecule is COc1nc2c3ccccc3cn2c(F)c1C(F)(F)F.